The van der Waals surface area contributed by atoms with Crippen LogP contribution in [0.3, 0.4) is 0 Å². The lowest BCUT2D eigenvalue weighted by Gasteiger charge is -2.18. The van der Waals surface area contributed by atoms with Crippen LogP contribution in [0, 0.1) is 0 Å². The molecule has 0 atom stereocenters. The van der Waals surface area contributed by atoms with Crippen LogP contribution < -0.4 is 0 Å². The van der Waals surface area contributed by atoms with E-state index >= 15 is 0 Å². The lowest BCUT2D eigenvalue weighted by molar-refractivity contribution is -0.167. The molecule has 0 aromatic rings. The minimum atomic E-state index is -0.851. The summed E-state index contributed by atoms with van der Waals surface area (Å²) in [5.41, 5.74) is 0. The summed E-state index contributed by atoms with van der Waals surface area (Å²) in [6.07, 6.45) is 84.9. The lowest BCUT2D eigenvalue weighted by atomic mass is 10.1. The van der Waals surface area contributed by atoms with Gasteiger partial charge in [-0.25, -0.2) is 0 Å². The molecule has 394 valence electrons. The summed E-state index contributed by atoms with van der Waals surface area (Å²) < 4.78 is 16.7. The third kappa shape index (κ3) is 55.6. The fourth-order valence-corrected chi connectivity index (χ4v) is 6.61. The molecular formula is C65H98O6. The second kappa shape index (κ2) is 57.3. The molecule has 6 nitrogen and oxygen atoms in total. The van der Waals surface area contributed by atoms with Gasteiger partial charge in [-0.05, 0) is 141 Å². The Morgan fingerprint density at radius 1 is 0.296 bits per heavy atom. The van der Waals surface area contributed by atoms with Crippen molar-refractivity contribution in [1.29, 1.82) is 0 Å². The first-order valence-corrected chi connectivity index (χ1v) is 27.6. The molecule has 0 aliphatic heterocycles. The van der Waals surface area contributed by atoms with E-state index in [2.05, 4.69) is 191 Å². The standard InChI is InChI=1S/C65H98O6/c1-4-7-10-13-16-19-22-25-28-31-32-35-38-41-44-47-50-53-56-59-65(68)71-62(60-69-63(66)57-54-51-48-45-42-39-36-33-29-26-23-20-17-14-11-8-5-2)61-70-64(67)58-55-52-49-46-43-40-37-34-30-27-24-21-18-15-12-9-6-3/h8-9,11-12,16-21,25-30,32,35-37,39-41,44-46,48-49,62H,4-7,10,13-15,22-24,31,33-34,38,42-43,47,50-61H2,1-3H3/b11-8-,12-9-,19-16-,20-17-,21-18-,28-25-,29-26-,30-27-,35-32-,39-36-,40-37-,44-41-,48-45-,49-46-. The molecule has 0 aliphatic carbocycles. The predicted octanol–water partition coefficient (Wildman–Crippen LogP) is 18.8. The molecular weight excluding hydrogens is 877 g/mol. The Morgan fingerprint density at radius 2 is 0.563 bits per heavy atom. The van der Waals surface area contributed by atoms with Crippen LogP contribution in [0.2, 0.25) is 0 Å². The van der Waals surface area contributed by atoms with Crippen molar-refractivity contribution >= 4 is 17.9 Å². The van der Waals surface area contributed by atoms with Crippen molar-refractivity contribution in [2.24, 2.45) is 0 Å². The average Bonchev–Trinajstić information content (AvgIpc) is 3.37. The summed E-state index contributed by atoms with van der Waals surface area (Å²) >= 11 is 0. The normalized spacial score (nSPS) is 13.1. The van der Waals surface area contributed by atoms with Gasteiger partial charge in [0.15, 0.2) is 6.10 Å². The predicted molar refractivity (Wildman–Crippen MR) is 306 cm³/mol. The van der Waals surface area contributed by atoms with Crippen molar-refractivity contribution in [3.63, 3.8) is 0 Å². The van der Waals surface area contributed by atoms with Crippen molar-refractivity contribution < 1.29 is 28.6 Å². The SMILES string of the molecule is CC/C=C\C/C=C\C/C=C\C/C=C\C/C=C\CCCC(=O)OCC(COC(=O)CCC/C=C\C/C=C\C/C=C\C/C=C\C/C=C\CC)OC(=O)CCCCC/C=C\C/C=C\C/C=C\C/C=C\CCCCC. The van der Waals surface area contributed by atoms with Gasteiger partial charge in [-0.3, -0.25) is 14.4 Å². The van der Waals surface area contributed by atoms with Gasteiger partial charge in [0, 0.05) is 19.3 Å². The highest BCUT2D eigenvalue weighted by Crippen LogP contribution is 2.10. The molecule has 0 aromatic heterocycles. The Bertz CT molecular complexity index is 1600. The fraction of sp³-hybridized carbons (Fsp3) is 0.523. The van der Waals surface area contributed by atoms with E-state index in [9.17, 15) is 14.4 Å². The molecule has 0 saturated heterocycles. The summed E-state index contributed by atoms with van der Waals surface area (Å²) in [7, 11) is 0. The van der Waals surface area contributed by atoms with Gasteiger partial charge >= 0.3 is 17.9 Å². The van der Waals surface area contributed by atoms with Crippen LogP contribution in [0.5, 0.6) is 0 Å². The molecule has 0 aromatic carbocycles. The van der Waals surface area contributed by atoms with E-state index in [0.717, 1.165) is 116 Å². The smallest absolute Gasteiger partial charge is 0.306 e. The molecule has 0 spiro atoms. The Labute approximate surface area is 434 Å². The molecule has 0 aliphatic rings. The van der Waals surface area contributed by atoms with Gasteiger partial charge in [0.25, 0.3) is 0 Å². The third-order valence-corrected chi connectivity index (χ3v) is 10.7. The van der Waals surface area contributed by atoms with Gasteiger partial charge in [-0.15, -0.1) is 0 Å². The number of esters is 3. The van der Waals surface area contributed by atoms with Gasteiger partial charge in [-0.1, -0.05) is 210 Å². The molecule has 0 amide bonds. The highest BCUT2D eigenvalue weighted by atomic mass is 16.6. The highest BCUT2D eigenvalue weighted by molar-refractivity contribution is 5.71. The van der Waals surface area contributed by atoms with Crippen molar-refractivity contribution in [1.82, 2.24) is 0 Å². The van der Waals surface area contributed by atoms with Crippen LogP contribution in [-0.2, 0) is 28.6 Å². The number of carbonyl (C=O) groups is 3. The maximum absolute atomic E-state index is 12.8. The number of hydrogen-bond donors (Lipinski definition) is 0. The molecule has 6 heteroatoms. The molecule has 0 fully saturated rings. The van der Waals surface area contributed by atoms with Crippen LogP contribution in [0.25, 0.3) is 0 Å². The molecule has 0 heterocycles. The van der Waals surface area contributed by atoms with Crippen LogP contribution in [-0.4, -0.2) is 37.2 Å². The van der Waals surface area contributed by atoms with Crippen LogP contribution in [0.15, 0.2) is 170 Å². The number of rotatable bonds is 47. The van der Waals surface area contributed by atoms with Crippen molar-refractivity contribution in [2.75, 3.05) is 13.2 Å². The van der Waals surface area contributed by atoms with Crippen LogP contribution in [0.4, 0.5) is 0 Å². The van der Waals surface area contributed by atoms with E-state index in [1.54, 1.807) is 0 Å². The first-order valence-electron chi connectivity index (χ1n) is 27.6. The Hall–Kier alpha value is -5.23. The number of allylic oxidation sites excluding steroid dienone is 28. The summed E-state index contributed by atoms with van der Waals surface area (Å²) in [6.45, 7) is 6.23. The number of carbonyl (C=O) groups excluding carboxylic acids is 3. The molecule has 0 saturated carbocycles. The molecule has 0 unspecified atom stereocenters. The average molecular weight is 975 g/mol. The molecule has 0 N–H and O–H groups in total. The van der Waals surface area contributed by atoms with E-state index in [0.29, 0.717) is 19.3 Å². The zero-order valence-corrected chi connectivity index (χ0v) is 44.9. The second-order valence-electron chi connectivity index (χ2n) is 17.4. The Balaban J connectivity index is 4.67. The highest BCUT2D eigenvalue weighted by Gasteiger charge is 2.19. The van der Waals surface area contributed by atoms with Crippen molar-refractivity contribution in [3.8, 4) is 0 Å². The quantitative estimate of drug-likeness (QED) is 0.0262. The first kappa shape index (κ1) is 65.8. The summed E-state index contributed by atoms with van der Waals surface area (Å²) in [6, 6.07) is 0. The zero-order chi connectivity index (χ0) is 51.4. The molecule has 0 radical (unpaired) electrons. The maximum atomic E-state index is 12.8. The Morgan fingerprint density at radius 3 is 0.873 bits per heavy atom. The van der Waals surface area contributed by atoms with Gasteiger partial charge in [0.1, 0.15) is 13.2 Å². The third-order valence-electron chi connectivity index (χ3n) is 10.7. The van der Waals surface area contributed by atoms with Gasteiger partial charge < -0.3 is 14.2 Å². The fourth-order valence-electron chi connectivity index (χ4n) is 6.61. The van der Waals surface area contributed by atoms with Crippen LogP contribution >= 0.6 is 0 Å². The monoisotopic (exact) mass is 975 g/mol. The molecule has 71 heavy (non-hydrogen) atoms. The number of ether oxygens (including phenoxy) is 3. The maximum Gasteiger partial charge on any atom is 0.306 e. The topological polar surface area (TPSA) is 78.9 Å². The van der Waals surface area contributed by atoms with Gasteiger partial charge in [0.2, 0.25) is 0 Å². The van der Waals surface area contributed by atoms with Gasteiger partial charge in [0.05, 0.1) is 0 Å². The van der Waals surface area contributed by atoms with E-state index in [1.165, 1.54) is 25.7 Å². The second-order valence-corrected chi connectivity index (χ2v) is 17.4. The molecule has 0 rings (SSSR count). The van der Waals surface area contributed by atoms with E-state index in [1.807, 2.05) is 0 Å². The summed E-state index contributed by atoms with van der Waals surface area (Å²) in [5, 5.41) is 0. The minimum absolute atomic E-state index is 0.147. The van der Waals surface area contributed by atoms with E-state index in [-0.39, 0.29) is 50.4 Å². The molecule has 0 bridgehead atoms. The summed E-state index contributed by atoms with van der Waals surface area (Å²) in [5.74, 6) is -1.10. The van der Waals surface area contributed by atoms with Crippen molar-refractivity contribution in [3.05, 3.63) is 170 Å². The minimum Gasteiger partial charge on any atom is -0.462 e. The van der Waals surface area contributed by atoms with E-state index < -0.39 is 6.10 Å². The zero-order valence-electron chi connectivity index (χ0n) is 44.9. The van der Waals surface area contributed by atoms with E-state index in [4.69, 9.17) is 14.2 Å². The Kier molecular flexibility index (Phi) is 53.1. The lowest BCUT2D eigenvalue weighted by Crippen LogP contribution is -2.30. The van der Waals surface area contributed by atoms with Gasteiger partial charge in [-0.2, -0.15) is 0 Å². The van der Waals surface area contributed by atoms with Crippen molar-refractivity contribution in [2.45, 2.75) is 207 Å². The number of unbranched alkanes of at least 4 members (excludes halogenated alkanes) is 8. The first-order chi connectivity index (χ1) is 35.0. The number of hydrogen-bond acceptors (Lipinski definition) is 6. The largest absolute Gasteiger partial charge is 0.462 e. The summed E-state index contributed by atoms with van der Waals surface area (Å²) in [4.78, 5) is 38.1. The van der Waals surface area contributed by atoms with Crippen LogP contribution in [0.1, 0.15) is 201 Å².